The molecule has 0 unspecified atom stereocenters. The monoisotopic (exact) mass is 406 g/mol. The van der Waals surface area contributed by atoms with Crippen molar-refractivity contribution in [3.8, 4) is 0 Å². The van der Waals surface area contributed by atoms with Gasteiger partial charge in [0.1, 0.15) is 0 Å². The van der Waals surface area contributed by atoms with Gasteiger partial charge in [-0.05, 0) is 35.9 Å². The van der Waals surface area contributed by atoms with Crippen molar-refractivity contribution in [3.63, 3.8) is 0 Å². The maximum Gasteiger partial charge on any atom is 0.243 e. The van der Waals surface area contributed by atoms with Crippen LogP contribution in [0.2, 0.25) is 0 Å². The molecule has 3 heterocycles. The fourth-order valence-electron chi connectivity index (χ4n) is 3.40. The van der Waals surface area contributed by atoms with Gasteiger partial charge in [-0.2, -0.15) is 4.31 Å². The predicted octanol–water partition coefficient (Wildman–Crippen LogP) is 1.74. The van der Waals surface area contributed by atoms with Gasteiger partial charge in [0.2, 0.25) is 15.9 Å². The van der Waals surface area contributed by atoms with Crippen LogP contribution in [0.25, 0.3) is 0 Å². The van der Waals surface area contributed by atoms with Crippen molar-refractivity contribution in [3.05, 3.63) is 40.9 Å². The molecule has 9 heteroatoms. The Morgan fingerprint density at radius 1 is 1.15 bits per heavy atom. The molecule has 0 radical (unpaired) electrons. The summed E-state index contributed by atoms with van der Waals surface area (Å²) in [4.78, 5) is 19.0. The second kappa shape index (κ2) is 7.65. The minimum Gasteiger partial charge on any atom is -0.352 e. The average Bonchev–Trinajstić information content (AvgIpc) is 3.40. The lowest BCUT2D eigenvalue weighted by molar-refractivity contribution is -0.120. The third-order valence-electron chi connectivity index (χ3n) is 4.91. The number of sulfonamides is 1. The number of fused-ring (bicyclic) bond motifs is 1. The van der Waals surface area contributed by atoms with Gasteiger partial charge in [-0.3, -0.25) is 9.79 Å². The molecule has 3 aliphatic heterocycles. The Bertz CT molecular complexity index is 888. The maximum atomic E-state index is 12.5. The van der Waals surface area contributed by atoms with E-state index in [9.17, 15) is 13.2 Å². The van der Waals surface area contributed by atoms with Gasteiger partial charge in [0, 0.05) is 31.9 Å². The van der Waals surface area contributed by atoms with Crippen molar-refractivity contribution in [2.24, 2.45) is 4.99 Å². The Balaban J connectivity index is 1.31. The number of nitrogens with one attached hydrogen (secondary N) is 1. The number of hydrogen-bond donors (Lipinski definition) is 1. The third kappa shape index (κ3) is 3.90. The predicted molar refractivity (Wildman–Crippen MR) is 106 cm³/mol. The van der Waals surface area contributed by atoms with Crippen molar-refractivity contribution < 1.29 is 13.2 Å². The Morgan fingerprint density at radius 2 is 1.89 bits per heavy atom. The number of rotatable bonds is 6. The van der Waals surface area contributed by atoms with Crippen molar-refractivity contribution in [2.45, 2.75) is 30.7 Å². The number of thioether (sulfide) groups is 1. The number of benzene rings is 1. The molecule has 0 aromatic heterocycles. The van der Waals surface area contributed by atoms with E-state index in [0.29, 0.717) is 31.0 Å². The van der Waals surface area contributed by atoms with Crippen molar-refractivity contribution >= 4 is 32.9 Å². The first-order chi connectivity index (χ1) is 13.0. The summed E-state index contributed by atoms with van der Waals surface area (Å²) in [6.07, 6.45) is 2.17. The maximum absolute atomic E-state index is 12.5. The van der Waals surface area contributed by atoms with Crippen LogP contribution >= 0.6 is 11.8 Å². The van der Waals surface area contributed by atoms with E-state index >= 15 is 0 Å². The van der Waals surface area contributed by atoms with Crippen LogP contribution in [0.3, 0.4) is 0 Å². The number of amides is 1. The van der Waals surface area contributed by atoms with Crippen molar-refractivity contribution in [2.75, 3.05) is 26.2 Å². The first-order valence-electron chi connectivity index (χ1n) is 9.07. The summed E-state index contributed by atoms with van der Waals surface area (Å²) in [6, 6.07) is 6.77. The molecule has 144 valence electrons. The first kappa shape index (κ1) is 18.5. The van der Waals surface area contributed by atoms with Gasteiger partial charge >= 0.3 is 0 Å². The molecule has 4 rings (SSSR count). The summed E-state index contributed by atoms with van der Waals surface area (Å²) < 4.78 is 26.6. The van der Waals surface area contributed by atoms with E-state index in [1.807, 2.05) is 5.41 Å². The number of carbonyl (C=O) groups is 1. The summed E-state index contributed by atoms with van der Waals surface area (Å²) in [5, 5.41) is 5.86. The van der Waals surface area contributed by atoms with E-state index in [1.165, 1.54) is 4.31 Å². The molecule has 1 aromatic rings. The van der Waals surface area contributed by atoms with Gasteiger partial charge in [0.25, 0.3) is 0 Å². The van der Waals surface area contributed by atoms with Gasteiger partial charge < -0.3 is 10.2 Å². The number of amidine groups is 1. The fraction of sp³-hybridized carbons (Fsp3) is 0.444. The van der Waals surface area contributed by atoms with Crippen LogP contribution in [0.4, 0.5) is 0 Å². The minimum absolute atomic E-state index is 0.0521. The van der Waals surface area contributed by atoms with Crippen LogP contribution in [0.1, 0.15) is 24.8 Å². The Labute approximate surface area is 163 Å². The molecule has 0 spiro atoms. The topological polar surface area (TPSA) is 82.1 Å². The highest BCUT2D eigenvalue weighted by molar-refractivity contribution is 8.16. The largest absolute Gasteiger partial charge is 0.352 e. The van der Waals surface area contributed by atoms with E-state index in [2.05, 4.69) is 15.2 Å². The highest BCUT2D eigenvalue weighted by Gasteiger charge is 2.28. The molecule has 0 aliphatic carbocycles. The highest BCUT2D eigenvalue weighted by Crippen LogP contribution is 2.30. The Hall–Kier alpha value is -1.84. The van der Waals surface area contributed by atoms with Gasteiger partial charge in [0.05, 0.1) is 17.9 Å². The number of carbonyl (C=O) groups excluding carboxylic acids is 1. The zero-order valence-electron chi connectivity index (χ0n) is 14.9. The minimum atomic E-state index is -3.39. The van der Waals surface area contributed by atoms with Gasteiger partial charge in [-0.15, -0.1) is 0 Å². The average molecular weight is 407 g/mol. The second-order valence-corrected chi connectivity index (χ2v) is 9.53. The highest BCUT2D eigenvalue weighted by atomic mass is 32.2. The quantitative estimate of drug-likeness (QED) is 0.778. The molecule has 0 bridgehead atoms. The summed E-state index contributed by atoms with van der Waals surface area (Å²) in [5.41, 5.74) is 1.86. The molecule has 7 nitrogen and oxygen atoms in total. The lowest BCUT2D eigenvalue weighted by Crippen LogP contribution is -2.28. The van der Waals surface area contributed by atoms with E-state index < -0.39 is 10.0 Å². The van der Waals surface area contributed by atoms with Crippen LogP contribution in [0.5, 0.6) is 0 Å². The molecule has 1 amide bonds. The molecule has 1 saturated heterocycles. The first-order valence-corrected chi connectivity index (χ1v) is 11.4. The van der Waals surface area contributed by atoms with Crippen LogP contribution in [0.15, 0.2) is 45.3 Å². The van der Waals surface area contributed by atoms with Crippen LogP contribution in [-0.4, -0.2) is 54.9 Å². The molecule has 1 N–H and O–H groups in total. The van der Waals surface area contributed by atoms with Crippen LogP contribution < -0.4 is 5.32 Å². The molecule has 27 heavy (non-hydrogen) atoms. The summed E-state index contributed by atoms with van der Waals surface area (Å²) in [6.45, 7) is 3.20. The van der Waals surface area contributed by atoms with Gasteiger partial charge in [-0.25, -0.2) is 8.42 Å². The smallest absolute Gasteiger partial charge is 0.243 e. The molecular weight excluding hydrogens is 384 g/mol. The molecule has 3 aliphatic rings. The zero-order chi connectivity index (χ0) is 18.9. The Morgan fingerprint density at radius 3 is 2.63 bits per heavy atom. The van der Waals surface area contributed by atoms with Crippen LogP contribution in [-0.2, 0) is 21.4 Å². The third-order valence-corrected chi connectivity index (χ3v) is 7.77. The fourth-order valence-corrected chi connectivity index (χ4v) is 5.87. The Kier molecular flexibility index (Phi) is 5.25. The number of hydrogen-bond acceptors (Lipinski definition) is 6. The summed E-state index contributed by atoms with van der Waals surface area (Å²) in [5.74, 6) is -0.0521. The number of nitrogens with zero attached hydrogens (tertiary/aromatic N) is 3. The molecular formula is C18H22N4O3S2. The molecule has 0 saturated carbocycles. The second-order valence-electron chi connectivity index (χ2n) is 6.75. The van der Waals surface area contributed by atoms with E-state index in [1.54, 1.807) is 36.0 Å². The molecule has 0 atom stereocenters. The van der Waals surface area contributed by atoms with Crippen LogP contribution in [0, 0.1) is 0 Å². The van der Waals surface area contributed by atoms with Gasteiger partial charge in [0.15, 0.2) is 5.17 Å². The standard InChI is InChI=1S/C18H22N4O3S2/c23-17(11-15-13-26-18-19-7-10-22(15)18)20-12-14-3-5-16(6-4-14)27(24,25)21-8-1-2-9-21/h3-6,13H,1-2,7-12H2,(H,20,23). The summed E-state index contributed by atoms with van der Waals surface area (Å²) >= 11 is 1.56. The molecule has 1 aromatic carbocycles. The lowest BCUT2D eigenvalue weighted by Gasteiger charge is -2.16. The normalized spacial score (nSPS) is 19.8. The zero-order valence-corrected chi connectivity index (χ0v) is 16.6. The summed E-state index contributed by atoms with van der Waals surface area (Å²) in [7, 11) is -3.39. The SMILES string of the molecule is O=C(CC1=CSC2=NCCN12)NCc1ccc(S(=O)(=O)N2CCCC2)cc1. The van der Waals surface area contributed by atoms with Crippen molar-refractivity contribution in [1.29, 1.82) is 0 Å². The van der Waals surface area contributed by atoms with Crippen molar-refractivity contribution in [1.82, 2.24) is 14.5 Å². The van der Waals surface area contributed by atoms with E-state index in [0.717, 1.165) is 42.4 Å². The van der Waals surface area contributed by atoms with E-state index in [-0.39, 0.29) is 5.91 Å². The molecule has 1 fully saturated rings. The number of aliphatic imine (C=N–C) groups is 1. The van der Waals surface area contributed by atoms with E-state index in [4.69, 9.17) is 0 Å². The lowest BCUT2D eigenvalue weighted by atomic mass is 10.2. The van der Waals surface area contributed by atoms with Gasteiger partial charge in [-0.1, -0.05) is 23.9 Å².